The van der Waals surface area contributed by atoms with Gasteiger partial charge in [-0.1, -0.05) is 5.16 Å². The molecular formula is C8H11N3O. The molecule has 0 saturated carbocycles. The van der Waals surface area contributed by atoms with Gasteiger partial charge in [-0.2, -0.15) is 0 Å². The lowest BCUT2D eigenvalue weighted by Gasteiger charge is -2.02. The maximum Gasteiger partial charge on any atom is 0.125 e. The molecule has 4 nitrogen and oxygen atoms in total. The van der Waals surface area contributed by atoms with Crippen LogP contribution in [-0.4, -0.2) is 20.9 Å². The van der Waals surface area contributed by atoms with Gasteiger partial charge in [-0.3, -0.25) is 0 Å². The van der Waals surface area contributed by atoms with Gasteiger partial charge in [0.25, 0.3) is 0 Å². The van der Waals surface area contributed by atoms with Crippen LogP contribution in [0.15, 0.2) is 11.4 Å². The Labute approximate surface area is 71.0 Å². The number of aromatic nitrogens is 2. The Hall–Kier alpha value is -1.45. The molecule has 0 atom stereocenters. The largest absolute Gasteiger partial charge is 0.411 e. The number of nitrogens with zero attached hydrogens (tertiary/aromatic N) is 3. The molecule has 1 aromatic heterocycles. The summed E-state index contributed by atoms with van der Waals surface area (Å²) < 4.78 is 0. The minimum Gasteiger partial charge on any atom is -0.411 e. The number of rotatable bonds is 1. The van der Waals surface area contributed by atoms with Crippen LogP contribution in [0.4, 0.5) is 0 Å². The van der Waals surface area contributed by atoms with Crippen LogP contribution in [0.2, 0.25) is 0 Å². The molecule has 1 aromatic rings. The lowest BCUT2D eigenvalue weighted by molar-refractivity contribution is 0.319. The van der Waals surface area contributed by atoms with E-state index in [-0.39, 0.29) is 0 Å². The van der Waals surface area contributed by atoms with Crippen LogP contribution in [0, 0.1) is 13.8 Å². The van der Waals surface area contributed by atoms with Crippen molar-refractivity contribution in [3.8, 4) is 0 Å². The summed E-state index contributed by atoms with van der Waals surface area (Å²) in [4.78, 5) is 8.15. The van der Waals surface area contributed by atoms with Gasteiger partial charge in [0.1, 0.15) is 5.82 Å². The van der Waals surface area contributed by atoms with Gasteiger partial charge >= 0.3 is 0 Å². The van der Waals surface area contributed by atoms with Gasteiger partial charge in [-0.25, -0.2) is 9.97 Å². The van der Waals surface area contributed by atoms with E-state index >= 15 is 0 Å². The van der Waals surface area contributed by atoms with Gasteiger partial charge in [-0.05, 0) is 20.8 Å². The summed E-state index contributed by atoms with van der Waals surface area (Å²) in [7, 11) is 0. The fourth-order valence-electron chi connectivity index (χ4n) is 0.992. The first-order chi connectivity index (χ1) is 5.65. The molecule has 0 spiro atoms. The molecule has 0 fully saturated rings. The maximum atomic E-state index is 8.51. The van der Waals surface area contributed by atoms with Crippen LogP contribution in [0.1, 0.15) is 24.0 Å². The van der Waals surface area contributed by atoms with Crippen LogP contribution in [-0.2, 0) is 0 Å². The molecular weight excluding hydrogens is 154 g/mol. The first kappa shape index (κ1) is 8.64. The molecule has 0 aliphatic rings. The first-order valence-corrected chi connectivity index (χ1v) is 3.64. The monoisotopic (exact) mass is 165 g/mol. The molecule has 0 bridgehead atoms. The average Bonchev–Trinajstić information content (AvgIpc) is 2.03. The summed E-state index contributed by atoms with van der Waals surface area (Å²) >= 11 is 0. The van der Waals surface area contributed by atoms with Gasteiger partial charge in [-0.15, -0.1) is 0 Å². The third-order valence-corrected chi connectivity index (χ3v) is 1.64. The van der Waals surface area contributed by atoms with Crippen molar-refractivity contribution in [3.05, 3.63) is 23.3 Å². The van der Waals surface area contributed by atoms with E-state index < -0.39 is 0 Å². The van der Waals surface area contributed by atoms with Crippen LogP contribution >= 0.6 is 0 Å². The Bertz CT molecular complexity index is 320. The average molecular weight is 165 g/mol. The quantitative estimate of drug-likeness (QED) is 0.387. The standard InChI is InChI=1S/C8H11N3O/c1-5-8(6(2)11-12)4-9-7(3)10-5/h4,12H,1-3H3. The van der Waals surface area contributed by atoms with Gasteiger partial charge in [0.05, 0.1) is 11.4 Å². The van der Waals surface area contributed by atoms with Crippen molar-refractivity contribution in [3.63, 3.8) is 0 Å². The maximum absolute atomic E-state index is 8.51. The lowest BCUT2D eigenvalue weighted by atomic mass is 10.2. The Morgan fingerprint density at radius 2 is 2.17 bits per heavy atom. The van der Waals surface area contributed by atoms with Gasteiger partial charge in [0.15, 0.2) is 0 Å². The van der Waals surface area contributed by atoms with Crippen LogP contribution in [0.5, 0.6) is 0 Å². The summed E-state index contributed by atoms with van der Waals surface area (Å²) in [6, 6.07) is 0. The molecule has 0 aliphatic heterocycles. The highest BCUT2D eigenvalue weighted by molar-refractivity contribution is 5.98. The molecule has 0 amide bonds. The minimum atomic E-state index is 0.535. The summed E-state index contributed by atoms with van der Waals surface area (Å²) in [5, 5.41) is 11.6. The summed E-state index contributed by atoms with van der Waals surface area (Å²) in [6.45, 7) is 5.39. The van der Waals surface area contributed by atoms with Crippen molar-refractivity contribution in [2.24, 2.45) is 5.16 Å². The zero-order valence-electron chi connectivity index (χ0n) is 7.37. The topological polar surface area (TPSA) is 58.4 Å². The van der Waals surface area contributed by atoms with E-state index in [2.05, 4.69) is 15.1 Å². The third kappa shape index (κ3) is 1.58. The second-order valence-electron chi connectivity index (χ2n) is 2.60. The molecule has 4 heteroatoms. The van der Waals surface area contributed by atoms with Gasteiger partial charge < -0.3 is 5.21 Å². The van der Waals surface area contributed by atoms with E-state index in [9.17, 15) is 0 Å². The molecule has 64 valence electrons. The highest BCUT2D eigenvalue weighted by Crippen LogP contribution is 2.04. The van der Waals surface area contributed by atoms with Crippen molar-refractivity contribution < 1.29 is 5.21 Å². The molecule has 12 heavy (non-hydrogen) atoms. The lowest BCUT2D eigenvalue weighted by Crippen LogP contribution is -2.02. The predicted octanol–water partition coefficient (Wildman–Crippen LogP) is 1.29. The highest BCUT2D eigenvalue weighted by atomic mass is 16.4. The summed E-state index contributed by atoms with van der Waals surface area (Å²) in [6.07, 6.45) is 1.66. The fraction of sp³-hybridized carbons (Fsp3) is 0.375. The van der Waals surface area contributed by atoms with E-state index in [1.165, 1.54) is 0 Å². The molecule has 0 aliphatic carbocycles. The normalized spacial score (nSPS) is 11.8. The number of oxime groups is 1. The van der Waals surface area contributed by atoms with Crippen molar-refractivity contribution >= 4 is 5.71 Å². The summed E-state index contributed by atoms with van der Waals surface area (Å²) in [5.41, 5.74) is 2.15. The molecule has 0 aromatic carbocycles. The second kappa shape index (κ2) is 3.30. The van der Waals surface area contributed by atoms with E-state index in [1.54, 1.807) is 13.1 Å². The smallest absolute Gasteiger partial charge is 0.125 e. The number of aryl methyl sites for hydroxylation is 2. The zero-order chi connectivity index (χ0) is 9.14. The molecule has 1 heterocycles. The SMILES string of the molecule is CC(=NO)c1cnc(C)nc1C. The zero-order valence-corrected chi connectivity index (χ0v) is 7.37. The van der Waals surface area contributed by atoms with Crippen molar-refractivity contribution in [2.75, 3.05) is 0 Å². The van der Waals surface area contributed by atoms with Crippen molar-refractivity contribution in [2.45, 2.75) is 20.8 Å². The van der Waals surface area contributed by atoms with Crippen molar-refractivity contribution in [1.29, 1.82) is 0 Å². The second-order valence-corrected chi connectivity index (χ2v) is 2.60. The molecule has 1 N–H and O–H groups in total. The van der Waals surface area contributed by atoms with Crippen LogP contribution in [0.3, 0.4) is 0 Å². The van der Waals surface area contributed by atoms with E-state index in [4.69, 9.17) is 5.21 Å². The van der Waals surface area contributed by atoms with Crippen molar-refractivity contribution in [1.82, 2.24) is 9.97 Å². The van der Waals surface area contributed by atoms with Gasteiger partial charge in [0.2, 0.25) is 0 Å². The Kier molecular flexibility index (Phi) is 2.38. The third-order valence-electron chi connectivity index (χ3n) is 1.64. The van der Waals surface area contributed by atoms with E-state index in [1.807, 2.05) is 13.8 Å². The predicted molar refractivity (Wildman–Crippen MR) is 45.5 cm³/mol. The summed E-state index contributed by atoms with van der Waals surface area (Å²) in [5.74, 6) is 0.724. The molecule has 0 unspecified atom stereocenters. The minimum absolute atomic E-state index is 0.535. The Morgan fingerprint density at radius 3 is 2.67 bits per heavy atom. The molecule has 0 radical (unpaired) electrons. The van der Waals surface area contributed by atoms with Crippen LogP contribution in [0.25, 0.3) is 0 Å². The van der Waals surface area contributed by atoms with Gasteiger partial charge in [0, 0.05) is 11.8 Å². The molecule has 1 rings (SSSR count). The van der Waals surface area contributed by atoms with E-state index in [0.717, 1.165) is 17.1 Å². The number of hydrogen-bond acceptors (Lipinski definition) is 4. The first-order valence-electron chi connectivity index (χ1n) is 3.64. The highest BCUT2D eigenvalue weighted by Gasteiger charge is 2.03. The van der Waals surface area contributed by atoms with E-state index in [0.29, 0.717) is 5.71 Å². The Balaban J connectivity index is 3.18. The van der Waals surface area contributed by atoms with Crippen LogP contribution < -0.4 is 0 Å². The fourth-order valence-corrected chi connectivity index (χ4v) is 0.992. The Morgan fingerprint density at radius 1 is 1.50 bits per heavy atom. The number of hydrogen-bond donors (Lipinski definition) is 1. The molecule has 0 saturated heterocycles.